The summed E-state index contributed by atoms with van der Waals surface area (Å²) in [6.45, 7) is 1.86. The Hall–Kier alpha value is -3.28. The van der Waals surface area contributed by atoms with Crippen LogP contribution >= 0.6 is 0 Å². The van der Waals surface area contributed by atoms with Crippen LogP contribution in [-0.2, 0) is 0 Å². The number of nitrogens with one attached hydrogen (secondary N) is 1. The molecule has 2 aliphatic heterocycles. The molecule has 0 spiro atoms. The molecule has 1 atom stereocenters. The van der Waals surface area contributed by atoms with Gasteiger partial charge in [-0.15, -0.1) is 0 Å². The maximum absolute atomic E-state index is 13.2. The van der Waals surface area contributed by atoms with Gasteiger partial charge in [-0.2, -0.15) is 5.10 Å². The van der Waals surface area contributed by atoms with Gasteiger partial charge in [-0.3, -0.25) is 9.89 Å². The van der Waals surface area contributed by atoms with Gasteiger partial charge in [0.1, 0.15) is 18.9 Å². The Bertz CT molecular complexity index is 999. The number of H-pyrrole nitrogens is 1. The molecule has 6 heteroatoms. The van der Waals surface area contributed by atoms with Gasteiger partial charge in [-0.1, -0.05) is 36.4 Å². The van der Waals surface area contributed by atoms with E-state index in [-0.39, 0.29) is 11.9 Å². The van der Waals surface area contributed by atoms with Crippen LogP contribution in [0.5, 0.6) is 11.5 Å². The average molecular weight is 375 g/mol. The number of carbonyl (C=O) groups is 1. The largest absolute Gasteiger partial charge is 0.486 e. The van der Waals surface area contributed by atoms with Crippen LogP contribution in [0, 0.1) is 0 Å². The van der Waals surface area contributed by atoms with Gasteiger partial charge >= 0.3 is 0 Å². The molecule has 1 N–H and O–H groups in total. The number of likely N-dealkylation sites (tertiary alicyclic amines) is 1. The Morgan fingerprint density at radius 3 is 2.71 bits per heavy atom. The number of nitrogens with zero attached hydrogens (tertiary/aromatic N) is 2. The molecule has 5 rings (SSSR count). The number of hydrogen-bond donors (Lipinski definition) is 1. The van der Waals surface area contributed by atoms with E-state index < -0.39 is 0 Å². The highest BCUT2D eigenvalue weighted by Gasteiger charge is 2.32. The second-order valence-electron chi connectivity index (χ2n) is 7.09. The molecule has 6 nitrogen and oxygen atoms in total. The second-order valence-corrected chi connectivity index (χ2v) is 7.09. The van der Waals surface area contributed by atoms with E-state index in [1.807, 2.05) is 59.5 Å². The zero-order chi connectivity index (χ0) is 18.9. The van der Waals surface area contributed by atoms with Crippen LogP contribution < -0.4 is 9.47 Å². The highest BCUT2D eigenvalue weighted by Crippen LogP contribution is 2.38. The van der Waals surface area contributed by atoms with Crippen LogP contribution in [0.25, 0.3) is 11.3 Å². The van der Waals surface area contributed by atoms with Gasteiger partial charge < -0.3 is 14.4 Å². The molecule has 1 amide bonds. The lowest BCUT2D eigenvalue weighted by molar-refractivity contribution is 0.0729. The molecule has 28 heavy (non-hydrogen) atoms. The summed E-state index contributed by atoms with van der Waals surface area (Å²) < 4.78 is 11.3. The fourth-order valence-corrected chi connectivity index (χ4v) is 3.97. The topological polar surface area (TPSA) is 67.5 Å². The minimum absolute atomic E-state index is 0.0212. The Morgan fingerprint density at radius 2 is 1.86 bits per heavy atom. The predicted molar refractivity (Wildman–Crippen MR) is 104 cm³/mol. The van der Waals surface area contributed by atoms with Crippen molar-refractivity contribution in [2.45, 2.75) is 18.9 Å². The van der Waals surface area contributed by atoms with Crippen LogP contribution in [0.2, 0.25) is 0 Å². The van der Waals surface area contributed by atoms with Crippen molar-refractivity contribution in [3.8, 4) is 22.8 Å². The van der Waals surface area contributed by atoms with Gasteiger partial charge in [-0.25, -0.2) is 0 Å². The van der Waals surface area contributed by atoms with Crippen molar-refractivity contribution in [3.63, 3.8) is 0 Å². The standard InChI is InChI=1S/C22H21N3O3/c26-22(18-14-17(23-24-18)15-5-2-1-3-6-15)25-10-4-7-19(25)16-8-9-20-21(13-16)28-12-11-27-20/h1-3,5-6,8-9,13-14,19H,4,7,10-12H2,(H,23,24)/t19-/m0/s1. The molecule has 142 valence electrons. The summed E-state index contributed by atoms with van der Waals surface area (Å²) in [7, 11) is 0. The zero-order valence-corrected chi connectivity index (χ0v) is 15.4. The molecule has 1 aromatic heterocycles. The van der Waals surface area contributed by atoms with E-state index in [9.17, 15) is 4.79 Å². The van der Waals surface area contributed by atoms with Crippen molar-refractivity contribution in [1.29, 1.82) is 0 Å². The highest BCUT2D eigenvalue weighted by atomic mass is 16.6. The van der Waals surface area contributed by atoms with E-state index in [1.54, 1.807) is 0 Å². The van der Waals surface area contributed by atoms with E-state index in [0.29, 0.717) is 18.9 Å². The van der Waals surface area contributed by atoms with Gasteiger partial charge in [0.2, 0.25) is 0 Å². The van der Waals surface area contributed by atoms with Gasteiger partial charge in [-0.05, 0) is 36.6 Å². The molecule has 3 heterocycles. The summed E-state index contributed by atoms with van der Waals surface area (Å²) in [5, 5.41) is 7.24. The lowest BCUT2D eigenvalue weighted by atomic mass is 10.0. The zero-order valence-electron chi connectivity index (χ0n) is 15.4. The molecular formula is C22H21N3O3. The fourth-order valence-electron chi connectivity index (χ4n) is 3.97. The number of fused-ring (bicyclic) bond motifs is 1. The highest BCUT2D eigenvalue weighted by molar-refractivity contribution is 5.94. The second kappa shape index (κ2) is 7.03. The van der Waals surface area contributed by atoms with Crippen LogP contribution in [0.15, 0.2) is 54.6 Å². The SMILES string of the molecule is O=C(c1cc(-c2ccccc2)n[nH]1)N1CCC[C@H]1c1ccc2c(c1)OCCO2. The quantitative estimate of drug-likeness (QED) is 0.756. The Labute approximate surface area is 163 Å². The maximum Gasteiger partial charge on any atom is 0.272 e. The van der Waals surface area contributed by atoms with Gasteiger partial charge in [0.25, 0.3) is 5.91 Å². The van der Waals surface area contributed by atoms with E-state index >= 15 is 0 Å². The Balaban J connectivity index is 1.40. The smallest absolute Gasteiger partial charge is 0.272 e. The molecular weight excluding hydrogens is 354 g/mol. The van der Waals surface area contributed by atoms with Crippen LogP contribution in [0.4, 0.5) is 0 Å². The number of benzene rings is 2. The third-order valence-electron chi connectivity index (χ3n) is 5.34. The van der Waals surface area contributed by atoms with E-state index in [2.05, 4.69) is 10.2 Å². The summed E-state index contributed by atoms with van der Waals surface area (Å²) in [4.78, 5) is 15.1. The number of aromatic nitrogens is 2. The third kappa shape index (κ3) is 3.01. The first-order valence-electron chi connectivity index (χ1n) is 9.61. The molecule has 2 aromatic carbocycles. The number of hydrogen-bond acceptors (Lipinski definition) is 4. The van der Waals surface area contributed by atoms with Crippen LogP contribution in [0.3, 0.4) is 0 Å². The molecule has 3 aromatic rings. The molecule has 1 saturated heterocycles. The third-order valence-corrected chi connectivity index (χ3v) is 5.34. The normalized spacial score (nSPS) is 18.3. The average Bonchev–Trinajstić information content (AvgIpc) is 3.44. The lowest BCUT2D eigenvalue weighted by Crippen LogP contribution is -2.31. The van der Waals surface area contributed by atoms with Crippen molar-refractivity contribution >= 4 is 5.91 Å². The monoisotopic (exact) mass is 375 g/mol. The van der Waals surface area contributed by atoms with Crippen molar-refractivity contribution in [2.75, 3.05) is 19.8 Å². The summed E-state index contributed by atoms with van der Waals surface area (Å²) in [5.74, 6) is 1.51. The van der Waals surface area contributed by atoms with Crippen molar-refractivity contribution in [2.24, 2.45) is 0 Å². The first kappa shape index (κ1) is 16.9. The van der Waals surface area contributed by atoms with Crippen molar-refractivity contribution in [1.82, 2.24) is 15.1 Å². The van der Waals surface area contributed by atoms with Crippen LogP contribution in [0.1, 0.15) is 34.9 Å². The van der Waals surface area contributed by atoms with Crippen LogP contribution in [-0.4, -0.2) is 40.8 Å². The minimum atomic E-state index is -0.0212. The molecule has 2 aliphatic rings. The van der Waals surface area contributed by atoms with Gasteiger partial charge in [0.15, 0.2) is 11.5 Å². The number of amides is 1. The summed E-state index contributed by atoms with van der Waals surface area (Å²) >= 11 is 0. The molecule has 1 fully saturated rings. The van der Waals surface area contributed by atoms with Crippen molar-refractivity contribution in [3.05, 3.63) is 65.9 Å². The molecule has 0 saturated carbocycles. The van der Waals surface area contributed by atoms with Gasteiger partial charge in [0.05, 0.1) is 11.7 Å². The number of aromatic amines is 1. The summed E-state index contributed by atoms with van der Waals surface area (Å²) in [6, 6.07) is 17.7. The summed E-state index contributed by atoms with van der Waals surface area (Å²) in [5.41, 5.74) is 3.36. The molecule has 0 bridgehead atoms. The van der Waals surface area contributed by atoms with Crippen molar-refractivity contribution < 1.29 is 14.3 Å². The van der Waals surface area contributed by atoms with E-state index in [1.165, 1.54) is 0 Å². The predicted octanol–water partition coefficient (Wildman–Crippen LogP) is 3.83. The first-order chi connectivity index (χ1) is 13.8. The molecule has 0 aliphatic carbocycles. The summed E-state index contributed by atoms with van der Waals surface area (Å²) in [6.07, 6.45) is 1.91. The number of rotatable bonds is 3. The minimum Gasteiger partial charge on any atom is -0.486 e. The Morgan fingerprint density at radius 1 is 1.04 bits per heavy atom. The van der Waals surface area contributed by atoms with Gasteiger partial charge in [0, 0.05) is 12.1 Å². The van der Waals surface area contributed by atoms with E-state index in [4.69, 9.17) is 9.47 Å². The maximum atomic E-state index is 13.2. The fraction of sp³-hybridized carbons (Fsp3) is 0.273. The lowest BCUT2D eigenvalue weighted by Gasteiger charge is -2.26. The molecule has 0 radical (unpaired) electrons. The number of ether oxygens (including phenoxy) is 2. The number of carbonyl (C=O) groups excluding carboxylic acids is 1. The Kier molecular flexibility index (Phi) is 4.24. The first-order valence-corrected chi connectivity index (χ1v) is 9.61. The molecule has 0 unspecified atom stereocenters. The van der Waals surface area contributed by atoms with E-state index in [0.717, 1.165) is 47.7 Å².